The van der Waals surface area contributed by atoms with Crippen LogP contribution in [0.2, 0.25) is 0 Å². The lowest BCUT2D eigenvalue weighted by molar-refractivity contribution is -0.385. The number of halogens is 3. The lowest BCUT2D eigenvalue weighted by Crippen LogP contribution is -2.22. The molecule has 0 bridgehead atoms. The third kappa shape index (κ3) is 4.10. The van der Waals surface area contributed by atoms with Gasteiger partial charge in [0.1, 0.15) is 0 Å². The number of benzene rings is 1. The molecule has 0 atom stereocenters. The zero-order valence-corrected chi connectivity index (χ0v) is 15.4. The number of aromatic nitrogens is 3. The highest BCUT2D eigenvalue weighted by atomic mass is 19.4. The first-order valence-corrected chi connectivity index (χ1v) is 8.67. The van der Waals surface area contributed by atoms with Crippen LogP contribution in [0.3, 0.4) is 0 Å². The van der Waals surface area contributed by atoms with Crippen molar-refractivity contribution in [3.63, 3.8) is 0 Å². The lowest BCUT2D eigenvalue weighted by atomic mass is 10.1. The molecular formula is C18H12F3N5O5. The van der Waals surface area contributed by atoms with Gasteiger partial charge in [-0.15, -0.1) is 10.2 Å². The Morgan fingerprint density at radius 3 is 2.71 bits per heavy atom. The summed E-state index contributed by atoms with van der Waals surface area (Å²) in [6.07, 6.45) is -1.43. The van der Waals surface area contributed by atoms with Gasteiger partial charge in [-0.2, -0.15) is 13.2 Å². The van der Waals surface area contributed by atoms with E-state index in [0.29, 0.717) is 5.75 Å². The summed E-state index contributed by atoms with van der Waals surface area (Å²) in [7, 11) is 0. The number of carbonyl (C=O) groups excluding carboxylic acids is 1. The van der Waals surface area contributed by atoms with Crippen molar-refractivity contribution in [1.29, 1.82) is 0 Å². The summed E-state index contributed by atoms with van der Waals surface area (Å²) < 4.78 is 50.1. The molecule has 1 aliphatic heterocycles. The molecule has 13 heteroatoms. The van der Waals surface area contributed by atoms with Crippen molar-refractivity contribution in [2.45, 2.75) is 12.7 Å². The molecule has 0 saturated heterocycles. The van der Waals surface area contributed by atoms with Gasteiger partial charge < -0.3 is 14.8 Å². The van der Waals surface area contributed by atoms with Crippen LogP contribution in [0.5, 0.6) is 11.5 Å². The Bertz CT molecular complexity index is 1220. The van der Waals surface area contributed by atoms with Gasteiger partial charge in [-0.05, 0) is 24.3 Å². The molecule has 0 unspecified atom stereocenters. The number of amides is 1. The van der Waals surface area contributed by atoms with Gasteiger partial charge in [0, 0.05) is 12.3 Å². The predicted molar refractivity (Wildman–Crippen MR) is 98.1 cm³/mol. The minimum Gasteiger partial charge on any atom is -0.454 e. The van der Waals surface area contributed by atoms with Crippen molar-refractivity contribution < 1.29 is 32.4 Å². The average molecular weight is 435 g/mol. The van der Waals surface area contributed by atoms with E-state index in [1.807, 2.05) is 0 Å². The topological polar surface area (TPSA) is 121 Å². The minimum absolute atomic E-state index is 0.0670. The Balaban J connectivity index is 1.49. The fourth-order valence-corrected chi connectivity index (χ4v) is 2.86. The Kier molecular flexibility index (Phi) is 4.93. The maximum absolute atomic E-state index is 12.9. The fraction of sp³-hybridized carbons (Fsp3) is 0.167. The molecule has 2 aromatic heterocycles. The maximum Gasteiger partial charge on any atom is 0.417 e. The van der Waals surface area contributed by atoms with E-state index in [1.165, 1.54) is 24.3 Å². The number of nitrogens with one attached hydrogen (secondary N) is 1. The number of hydrogen-bond acceptors (Lipinski definition) is 7. The van der Waals surface area contributed by atoms with E-state index < -0.39 is 22.6 Å². The summed E-state index contributed by atoms with van der Waals surface area (Å²) in [6.45, 7) is -0.280. The maximum atomic E-state index is 12.9. The molecule has 4 rings (SSSR count). The van der Waals surface area contributed by atoms with Gasteiger partial charge in [0.25, 0.3) is 5.69 Å². The average Bonchev–Trinajstić information content (AvgIpc) is 3.34. The molecule has 160 valence electrons. The number of carbonyl (C=O) groups is 1. The minimum atomic E-state index is -4.54. The van der Waals surface area contributed by atoms with Crippen molar-refractivity contribution in [2.24, 2.45) is 0 Å². The second-order valence-corrected chi connectivity index (χ2v) is 6.33. The number of rotatable bonds is 5. The molecule has 3 aromatic rings. The third-order valence-electron chi connectivity index (χ3n) is 4.35. The lowest BCUT2D eigenvalue weighted by Gasteiger charge is -2.07. The zero-order valence-electron chi connectivity index (χ0n) is 15.4. The Labute approximate surface area is 171 Å². The van der Waals surface area contributed by atoms with Crippen LogP contribution in [-0.2, 0) is 17.5 Å². The molecule has 0 aliphatic carbocycles. The van der Waals surface area contributed by atoms with Crippen molar-refractivity contribution in [1.82, 2.24) is 19.9 Å². The van der Waals surface area contributed by atoms with E-state index in [9.17, 15) is 28.1 Å². The summed E-state index contributed by atoms with van der Waals surface area (Å²) in [5.41, 5.74) is -0.866. The number of nitro groups is 1. The first-order chi connectivity index (χ1) is 14.7. The number of alkyl halides is 3. The van der Waals surface area contributed by atoms with Gasteiger partial charge in [-0.1, -0.05) is 0 Å². The van der Waals surface area contributed by atoms with Crippen LogP contribution in [0.1, 0.15) is 17.0 Å². The third-order valence-corrected chi connectivity index (χ3v) is 4.35. The molecule has 3 heterocycles. The van der Waals surface area contributed by atoms with E-state index in [1.54, 1.807) is 0 Å². The standard InChI is InChI=1S/C18H12F3N5O5/c19-18(20,21)11-2-3-15-23-24-16(25(15)8-11)7-22-17(27)4-1-10-5-13-14(31-9-30-13)6-12(10)26(28)29/h1-6,8H,7,9H2,(H,22,27). The van der Waals surface area contributed by atoms with Gasteiger partial charge >= 0.3 is 6.18 Å². The molecule has 1 aromatic carbocycles. The van der Waals surface area contributed by atoms with E-state index >= 15 is 0 Å². The molecule has 1 aliphatic rings. The highest BCUT2D eigenvalue weighted by Crippen LogP contribution is 2.38. The first-order valence-electron chi connectivity index (χ1n) is 8.67. The van der Waals surface area contributed by atoms with Crippen LogP contribution in [0, 0.1) is 10.1 Å². The SMILES string of the molecule is O=C(C=Cc1cc2c(cc1[N+](=O)[O-])OCO2)NCc1nnc2ccc(C(F)(F)F)cn12. The summed E-state index contributed by atoms with van der Waals surface area (Å²) in [4.78, 5) is 22.7. The fourth-order valence-electron chi connectivity index (χ4n) is 2.86. The molecule has 10 nitrogen and oxygen atoms in total. The quantitative estimate of drug-likeness (QED) is 0.372. The van der Waals surface area contributed by atoms with Crippen LogP contribution in [0.15, 0.2) is 36.5 Å². The highest BCUT2D eigenvalue weighted by Gasteiger charge is 2.31. The van der Waals surface area contributed by atoms with Crippen LogP contribution < -0.4 is 14.8 Å². The molecule has 0 spiro atoms. The number of nitro benzene ring substituents is 1. The Hall–Kier alpha value is -4.16. The van der Waals surface area contributed by atoms with Crippen LogP contribution in [0.25, 0.3) is 11.7 Å². The van der Waals surface area contributed by atoms with Gasteiger partial charge in [0.15, 0.2) is 23.0 Å². The molecule has 0 radical (unpaired) electrons. The Morgan fingerprint density at radius 2 is 2.00 bits per heavy atom. The van der Waals surface area contributed by atoms with Gasteiger partial charge in [-0.25, -0.2) is 0 Å². The summed E-state index contributed by atoms with van der Waals surface area (Å²) >= 11 is 0. The molecule has 0 fully saturated rings. The van der Waals surface area contributed by atoms with Crippen LogP contribution >= 0.6 is 0 Å². The number of nitrogens with zero attached hydrogens (tertiary/aromatic N) is 4. The van der Waals surface area contributed by atoms with E-state index in [2.05, 4.69) is 15.5 Å². The van der Waals surface area contributed by atoms with Crippen molar-refractivity contribution in [3.8, 4) is 11.5 Å². The number of ether oxygens (including phenoxy) is 2. The van der Waals surface area contributed by atoms with Crippen molar-refractivity contribution >= 4 is 23.3 Å². The van der Waals surface area contributed by atoms with E-state index in [4.69, 9.17) is 9.47 Å². The van der Waals surface area contributed by atoms with E-state index in [-0.39, 0.29) is 41.8 Å². The molecular weight excluding hydrogens is 423 g/mol. The smallest absolute Gasteiger partial charge is 0.417 e. The molecule has 31 heavy (non-hydrogen) atoms. The largest absolute Gasteiger partial charge is 0.454 e. The highest BCUT2D eigenvalue weighted by molar-refractivity contribution is 5.92. The van der Waals surface area contributed by atoms with Crippen molar-refractivity contribution in [2.75, 3.05) is 6.79 Å². The second-order valence-electron chi connectivity index (χ2n) is 6.33. The Morgan fingerprint density at radius 1 is 1.26 bits per heavy atom. The van der Waals surface area contributed by atoms with Crippen LogP contribution in [-0.4, -0.2) is 32.2 Å². The molecule has 1 N–H and O–H groups in total. The summed E-state index contributed by atoms with van der Waals surface area (Å²) in [5.74, 6) is -0.0288. The monoisotopic (exact) mass is 435 g/mol. The first kappa shape index (κ1) is 20.1. The zero-order chi connectivity index (χ0) is 22.2. The predicted octanol–water partition coefficient (Wildman–Crippen LogP) is 2.71. The number of pyridine rings is 1. The van der Waals surface area contributed by atoms with Crippen LogP contribution in [0.4, 0.5) is 18.9 Å². The summed E-state index contributed by atoms with van der Waals surface area (Å²) in [5, 5.41) is 21.2. The van der Waals surface area contributed by atoms with Gasteiger partial charge in [-0.3, -0.25) is 19.3 Å². The van der Waals surface area contributed by atoms with Crippen molar-refractivity contribution in [3.05, 3.63) is 63.6 Å². The summed E-state index contributed by atoms with van der Waals surface area (Å²) in [6, 6.07) is 4.61. The molecule has 1 amide bonds. The molecule has 0 saturated carbocycles. The van der Waals surface area contributed by atoms with E-state index in [0.717, 1.165) is 22.7 Å². The number of hydrogen-bond donors (Lipinski definition) is 1. The van der Waals surface area contributed by atoms with Gasteiger partial charge in [0.05, 0.1) is 28.7 Å². The normalized spacial score (nSPS) is 13.1. The second kappa shape index (κ2) is 7.59. The number of fused-ring (bicyclic) bond motifs is 2. The van der Waals surface area contributed by atoms with Gasteiger partial charge in [0.2, 0.25) is 12.7 Å².